The van der Waals surface area contributed by atoms with Gasteiger partial charge >= 0.3 is 0 Å². The first kappa shape index (κ1) is 20.4. The van der Waals surface area contributed by atoms with Crippen molar-refractivity contribution in [3.63, 3.8) is 0 Å². The van der Waals surface area contributed by atoms with E-state index in [0.29, 0.717) is 13.0 Å². The van der Waals surface area contributed by atoms with E-state index in [-0.39, 0.29) is 5.91 Å². The Kier molecular flexibility index (Phi) is 7.52. The highest BCUT2D eigenvalue weighted by Crippen LogP contribution is 2.19. The summed E-state index contributed by atoms with van der Waals surface area (Å²) in [5, 5.41) is 4.07. The Bertz CT molecular complexity index is 799. The zero-order chi connectivity index (χ0) is 19.8. The van der Waals surface area contributed by atoms with Gasteiger partial charge in [0.05, 0.1) is 0 Å². The van der Waals surface area contributed by atoms with Gasteiger partial charge in [-0.05, 0) is 36.2 Å². The van der Waals surface area contributed by atoms with Crippen molar-refractivity contribution in [3.8, 4) is 0 Å². The molecule has 1 saturated heterocycles. The van der Waals surface area contributed by atoms with Crippen molar-refractivity contribution in [2.24, 2.45) is 0 Å². The lowest BCUT2D eigenvalue weighted by Crippen LogP contribution is -2.48. The average molecular weight is 398 g/mol. The van der Waals surface area contributed by atoms with Crippen molar-refractivity contribution in [3.05, 3.63) is 70.8 Å². The van der Waals surface area contributed by atoms with E-state index >= 15 is 0 Å². The van der Waals surface area contributed by atoms with Crippen LogP contribution in [-0.2, 0) is 4.79 Å². The lowest BCUT2D eigenvalue weighted by atomic mass is 10.2. The van der Waals surface area contributed by atoms with Gasteiger partial charge in [0.25, 0.3) is 0 Å². The minimum Gasteiger partial charge on any atom is -0.384 e. The fourth-order valence-corrected chi connectivity index (χ4v) is 3.60. The van der Waals surface area contributed by atoms with Crippen LogP contribution in [0.2, 0.25) is 5.02 Å². The molecule has 0 saturated carbocycles. The average Bonchev–Trinajstić information content (AvgIpc) is 2.71. The number of anilines is 1. The van der Waals surface area contributed by atoms with Crippen LogP contribution in [0.15, 0.2) is 54.6 Å². The molecule has 0 spiro atoms. The van der Waals surface area contributed by atoms with Crippen molar-refractivity contribution >= 4 is 29.3 Å². The van der Waals surface area contributed by atoms with Gasteiger partial charge in [0.15, 0.2) is 0 Å². The summed E-state index contributed by atoms with van der Waals surface area (Å²) in [4.78, 5) is 16.8. The molecule has 0 radical (unpaired) electrons. The summed E-state index contributed by atoms with van der Waals surface area (Å²) in [5.41, 5.74) is 3.35. The molecule has 1 heterocycles. The molecule has 1 fully saturated rings. The maximum absolute atomic E-state index is 12.5. The van der Waals surface area contributed by atoms with Crippen LogP contribution in [0, 0.1) is 6.92 Å². The molecule has 2 aromatic rings. The molecule has 0 aromatic heterocycles. The molecular weight excluding hydrogens is 370 g/mol. The summed E-state index contributed by atoms with van der Waals surface area (Å²) in [6.45, 7) is 7.04. The summed E-state index contributed by atoms with van der Waals surface area (Å²) in [5.74, 6) is 0.221. The number of carbonyl (C=O) groups excluding carboxylic acids is 1. The second kappa shape index (κ2) is 10.3. The van der Waals surface area contributed by atoms with Crippen LogP contribution in [0.3, 0.4) is 0 Å². The smallest absolute Gasteiger partial charge is 0.224 e. The third-order valence-electron chi connectivity index (χ3n) is 5.04. The predicted octanol–water partition coefficient (Wildman–Crippen LogP) is 4.31. The van der Waals surface area contributed by atoms with E-state index in [1.165, 1.54) is 5.56 Å². The normalized spacial score (nSPS) is 15.1. The molecule has 1 amide bonds. The Morgan fingerprint density at radius 2 is 1.86 bits per heavy atom. The maximum atomic E-state index is 12.5. The third kappa shape index (κ3) is 6.11. The van der Waals surface area contributed by atoms with Crippen molar-refractivity contribution in [2.45, 2.75) is 13.3 Å². The van der Waals surface area contributed by atoms with Gasteiger partial charge in [-0.1, -0.05) is 54.1 Å². The van der Waals surface area contributed by atoms with Gasteiger partial charge in [-0.25, -0.2) is 0 Å². The summed E-state index contributed by atoms with van der Waals surface area (Å²) in [7, 11) is 0. The summed E-state index contributed by atoms with van der Waals surface area (Å²) in [6.07, 6.45) is 4.86. The molecule has 0 atom stereocenters. The van der Waals surface area contributed by atoms with Gasteiger partial charge in [0.1, 0.15) is 0 Å². The van der Waals surface area contributed by atoms with Crippen molar-refractivity contribution < 1.29 is 4.79 Å². The first-order valence-corrected chi connectivity index (χ1v) is 10.2. The van der Waals surface area contributed by atoms with E-state index < -0.39 is 0 Å². The van der Waals surface area contributed by atoms with Gasteiger partial charge in [-0.3, -0.25) is 9.69 Å². The number of carbonyl (C=O) groups is 1. The highest BCUT2D eigenvalue weighted by atomic mass is 35.5. The number of piperazine rings is 1. The summed E-state index contributed by atoms with van der Waals surface area (Å²) in [6, 6.07) is 16.1. The maximum Gasteiger partial charge on any atom is 0.224 e. The van der Waals surface area contributed by atoms with E-state index in [1.807, 2.05) is 48.2 Å². The van der Waals surface area contributed by atoms with Gasteiger partial charge in [0, 0.05) is 56.4 Å². The molecule has 1 N–H and O–H groups in total. The van der Waals surface area contributed by atoms with E-state index in [2.05, 4.69) is 34.5 Å². The number of hydrogen-bond donors (Lipinski definition) is 1. The number of nitrogens with one attached hydrogen (secondary N) is 1. The molecule has 1 aliphatic heterocycles. The van der Waals surface area contributed by atoms with Crippen LogP contribution < -0.4 is 5.32 Å². The van der Waals surface area contributed by atoms with Gasteiger partial charge in [-0.2, -0.15) is 0 Å². The second-order valence-corrected chi connectivity index (χ2v) is 7.57. The number of halogens is 1. The van der Waals surface area contributed by atoms with Crippen LogP contribution in [0.25, 0.3) is 6.08 Å². The van der Waals surface area contributed by atoms with E-state index in [0.717, 1.165) is 49.0 Å². The number of hydrogen-bond acceptors (Lipinski definition) is 3. The Labute approximate surface area is 172 Å². The number of nitrogens with zero attached hydrogens (tertiary/aromatic N) is 2. The molecule has 148 valence electrons. The lowest BCUT2D eigenvalue weighted by Gasteiger charge is -2.34. The van der Waals surface area contributed by atoms with Crippen molar-refractivity contribution in [2.75, 3.05) is 44.6 Å². The van der Waals surface area contributed by atoms with E-state index in [1.54, 1.807) is 0 Å². The topological polar surface area (TPSA) is 35.6 Å². The fraction of sp³-hybridized carbons (Fsp3) is 0.348. The number of benzene rings is 2. The summed E-state index contributed by atoms with van der Waals surface area (Å²) < 4.78 is 0. The molecular formula is C23H28ClN3O. The van der Waals surface area contributed by atoms with Gasteiger partial charge < -0.3 is 10.2 Å². The highest BCUT2D eigenvalue weighted by Gasteiger charge is 2.19. The van der Waals surface area contributed by atoms with Gasteiger partial charge in [-0.15, -0.1) is 0 Å². The summed E-state index contributed by atoms with van der Waals surface area (Å²) >= 11 is 5.98. The Morgan fingerprint density at radius 1 is 1.11 bits per heavy atom. The number of rotatable bonds is 7. The van der Waals surface area contributed by atoms with Crippen LogP contribution in [0.5, 0.6) is 0 Å². The van der Waals surface area contributed by atoms with Crippen molar-refractivity contribution in [1.82, 2.24) is 9.80 Å². The van der Waals surface area contributed by atoms with Crippen LogP contribution in [-0.4, -0.2) is 55.0 Å². The van der Waals surface area contributed by atoms with Crippen LogP contribution in [0.1, 0.15) is 17.5 Å². The molecule has 5 heteroatoms. The zero-order valence-electron chi connectivity index (χ0n) is 16.4. The number of aryl methyl sites for hydroxylation is 1. The fourth-order valence-electron chi connectivity index (χ4n) is 3.37. The largest absolute Gasteiger partial charge is 0.384 e. The molecule has 0 aliphatic carbocycles. The zero-order valence-corrected chi connectivity index (χ0v) is 17.2. The first-order chi connectivity index (χ1) is 13.6. The van der Waals surface area contributed by atoms with Crippen LogP contribution in [0.4, 0.5) is 5.69 Å². The lowest BCUT2D eigenvalue weighted by molar-refractivity contribution is -0.132. The Morgan fingerprint density at radius 3 is 2.57 bits per heavy atom. The second-order valence-electron chi connectivity index (χ2n) is 7.13. The quantitative estimate of drug-likeness (QED) is 0.756. The van der Waals surface area contributed by atoms with Gasteiger partial charge in [0.2, 0.25) is 5.91 Å². The van der Waals surface area contributed by atoms with E-state index in [9.17, 15) is 4.79 Å². The van der Waals surface area contributed by atoms with Crippen molar-refractivity contribution in [1.29, 1.82) is 0 Å². The molecule has 4 nitrogen and oxygen atoms in total. The van der Waals surface area contributed by atoms with Crippen LogP contribution >= 0.6 is 11.6 Å². The minimum atomic E-state index is 0.221. The predicted molar refractivity (Wildman–Crippen MR) is 118 cm³/mol. The van der Waals surface area contributed by atoms with E-state index in [4.69, 9.17) is 11.6 Å². The molecule has 28 heavy (non-hydrogen) atoms. The third-order valence-corrected chi connectivity index (χ3v) is 5.28. The molecule has 0 unspecified atom stereocenters. The minimum absolute atomic E-state index is 0.221. The first-order valence-electron chi connectivity index (χ1n) is 9.83. The monoisotopic (exact) mass is 397 g/mol. The highest BCUT2D eigenvalue weighted by molar-refractivity contribution is 6.30. The Hall–Kier alpha value is -2.30. The molecule has 2 aromatic carbocycles. The molecule has 3 rings (SSSR count). The molecule has 0 bridgehead atoms. The standard InChI is InChI=1S/C23H28ClN3O/c1-19-18-21(24)9-10-22(19)25-12-11-23(28)27-16-14-26(15-17-27)13-5-8-20-6-3-2-4-7-20/h2-10,18,25H,11-17H2,1H3/b8-5+. The molecule has 1 aliphatic rings. The number of amides is 1. The Balaban J connectivity index is 1.36. The SMILES string of the molecule is Cc1cc(Cl)ccc1NCCC(=O)N1CCN(C/C=C/c2ccccc2)CC1.